The highest BCUT2D eigenvalue weighted by Crippen LogP contribution is 2.34. The summed E-state index contributed by atoms with van der Waals surface area (Å²) in [5.41, 5.74) is 4.95. The number of nitrogens with zero attached hydrogens (tertiary/aromatic N) is 3. The number of carbonyl (C=O) groups is 1. The molecule has 10 nitrogen and oxygen atoms in total. The fourth-order valence-corrected chi connectivity index (χ4v) is 3.54. The number of amides is 1. The van der Waals surface area contributed by atoms with E-state index in [-0.39, 0.29) is 24.7 Å². The molecule has 1 saturated heterocycles. The summed E-state index contributed by atoms with van der Waals surface area (Å²) in [5, 5.41) is 15.0. The summed E-state index contributed by atoms with van der Waals surface area (Å²) in [5.74, 6) is 0.913. The number of carbonyl (C=O) groups excluding carboxylic acids is 1. The maximum absolute atomic E-state index is 12.2. The molecule has 0 unspecified atom stereocenters. The maximum atomic E-state index is 12.2. The molecule has 10 heteroatoms. The number of hydrazone groups is 1. The van der Waals surface area contributed by atoms with Gasteiger partial charge in [0.1, 0.15) is 6.61 Å². The van der Waals surface area contributed by atoms with Gasteiger partial charge in [-0.3, -0.25) is 19.8 Å². The lowest BCUT2D eigenvalue weighted by Gasteiger charge is -2.25. The van der Waals surface area contributed by atoms with Crippen molar-refractivity contribution >= 4 is 17.8 Å². The summed E-state index contributed by atoms with van der Waals surface area (Å²) in [7, 11) is 0. The van der Waals surface area contributed by atoms with E-state index in [0.717, 1.165) is 29.8 Å². The number of allylic oxidation sites excluding steroid dienone is 1. The van der Waals surface area contributed by atoms with Gasteiger partial charge >= 0.3 is 0 Å². The van der Waals surface area contributed by atoms with Crippen LogP contribution in [0.25, 0.3) is 0 Å². The minimum Gasteiger partial charge on any atom is -0.490 e. The molecule has 3 rings (SSSR count). The molecule has 0 radical (unpaired) electrons. The molecule has 0 saturated carbocycles. The van der Waals surface area contributed by atoms with Crippen LogP contribution in [0, 0.1) is 10.1 Å². The van der Waals surface area contributed by atoms with Gasteiger partial charge in [0.2, 0.25) is 0 Å². The Morgan fingerprint density at radius 1 is 1.26 bits per heavy atom. The number of ether oxygens (including phenoxy) is 3. The molecule has 1 heterocycles. The molecule has 0 aromatic heterocycles. The van der Waals surface area contributed by atoms with Crippen molar-refractivity contribution in [2.75, 3.05) is 39.5 Å². The summed E-state index contributed by atoms with van der Waals surface area (Å²) < 4.78 is 17.2. The minimum atomic E-state index is -0.439. The standard InChI is InChI=1S/C25H30N4O6/c1-3-5-21-14-20(16-26-27-24(30)17-28-10-12-33-13-11-28)15-23(34-4-2)25(21)35-18-19-6-8-22(9-7-19)29(31)32/h3,6-9,14-16H,1,4-5,10-13,17-18H2,2H3,(H,27,30)/b26-16+. The predicted octanol–water partition coefficient (Wildman–Crippen LogP) is 3.08. The van der Waals surface area contributed by atoms with E-state index in [1.165, 1.54) is 12.1 Å². The average Bonchev–Trinajstić information content (AvgIpc) is 2.85. The second-order valence-corrected chi connectivity index (χ2v) is 7.83. The lowest BCUT2D eigenvalue weighted by molar-refractivity contribution is -0.384. The second kappa shape index (κ2) is 13.2. The van der Waals surface area contributed by atoms with Gasteiger partial charge in [-0.15, -0.1) is 6.58 Å². The van der Waals surface area contributed by atoms with Crippen LogP contribution in [0.3, 0.4) is 0 Å². The van der Waals surface area contributed by atoms with Crippen LogP contribution in [0.15, 0.2) is 54.2 Å². The van der Waals surface area contributed by atoms with Crippen LogP contribution in [-0.4, -0.2) is 61.4 Å². The van der Waals surface area contributed by atoms with Crippen LogP contribution in [0.5, 0.6) is 11.5 Å². The maximum Gasteiger partial charge on any atom is 0.269 e. The molecule has 1 aliphatic heterocycles. The van der Waals surface area contributed by atoms with Gasteiger partial charge in [0.05, 0.1) is 37.5 Å². The topological polar surface area (TPSA) is 116 Å². The number of non-ortho nitro benzene ring substituents is 1. The molecule has 2 aromatic rings. The normalized spacial score (nSPS) is 14.0. The first-order valence-electron chi connectivity index (χ1n) is 11.4. The van der Waals surface area contributed by atoms with E-state index in [9.17, 15) is 14.9 Å². The first-order valence-corrected chi connectivity index (χ1v) is 11.4. The fraction of sp³-hybridized carbons (Fsp3) is 0.360. The molecule has 186 valence electrons. The van der Waals surface area contributed by atoms with Gasteiger partial charge in [0.15, 0.2) is 11.5 Å². The van der Waals surface area contributed by atoms with Gasteiger partial charge in [-0.05, 0) is 48.7 Å². The molecule has 0 bridgehead atoms. The molecular formula is C25H30N4O6. The van der Waals surface area contributed by atoms with Crippen molar-refractivity contribution in [3.63, 3.8) is 0 Å². The quantitative estimate of drug-likeness (QED) is 0.214. The number of nitro groups is 1. The van der Waals surface area contributed by atoms with Crippen molar-refractivity contribution in [1.29, 1.82) is 0 Å². The Bertz CT molecular complexity index is 1050. The summed E-state index contributed by atoms with van der Waals surface area (Å²) in [6, 6.07) is 9.89. The van der Waals surface area contributed by atoms with Crippen LogP contribution >= 0.6 is 0 Å². The smallest absolute Gasteiger partial charge is 0.269 e. The molecule has 0 aliphatic carbocycles. The number of hydrogen-bond acceptors (Lipinski definition) is 8. The van der Waals surface area contributed by atoms with Gasteiger partial charge in [-0.2, -0.15) is 5.10 Å². The van der Waals surface area contributed by atoms with E-state index in [4.69, 9.17) is 14.2 Å². The number of hydrogen-bond donors (Lipinski definition) is 1. The first-order chi connectivity index (χ1) is 17.0. The molecule has 1 aliphatic rings. The van der Waals surface area contributed by atoms with Crippen molar-refractivity contribution in [1.82, 2.24) is 10.3 Å². The van der Waals surface area contributed by atoms with Crippen molar-refractivity contribution in [3.8, 4) is 11.5 Å². The van der Waals surface area contributed by atoms with Crippen LogP contribution in [0.2, 0.25) is 0 Å². The number of benzene rings is 2. The fourth-order valence-electron chi connectivity index (χ4n) is 3.54. The number of morpholine rings is 1. The zero-order valence-electron chi connectivity index (χ0n) is 19.8. The summed E-state index contributed by atoms with van der Waals surface area (Å²) in [6.07, 6.45) is 3.85. The Kier molecular flexibility index (Phi) is 9.76. The third kappa shape index (κ3) is 7.90. The largest absolute Gasteiger partial charge is 0.490 e. The zero-order chi connectivity index (χ0) is 25.0. The van der Waals surface area contributed by atoms with Crippen molar-refractivity contribution < 1.29 is 23.9 Å². The van der Waals surface area contributed by atoms with Crippen LogP contribution < -0.4 is 14.9 Å². The van der Waals surface area contributed by atoms with E-state index in [2.05, 4.69) is 17.1 Å². The van der Waals surface area contributed by atoms with E-state index in [1.54, 1.807) is 30.5 Å². The highest BCUT2D eigenvalue weighted by molar-refractivity contribution is 5.84. The Labute approximate surface area is 204 Å². The lowest BCUT2D eigenvalue weighted by atomic mass is 10.1. The second-order valence-electron chi connectivity index (χ2n) is 7.83. The zero-order valence-corrected chi connectivity index (χ0v) is 19.8. The number of nitrogens with one attached hydrogen (secondary N) is 1. The lowest BCUT2D eigenvalue weighted by Crippen LogP contribution is -2.42. The van der Waals surface area contributed by atoms with Crippen molar-refractivity contribution in [2.45, 2.75) is 20.0 Å². The van der Waals surface area contributed by atoms with Crippen molar-refractivity contribution in [2.24, 2.45) is 5.10 Å². The van der Waals surface area contributed by atoms with Gasteiger partial charge in [0, 0.05) is 30.8 Å². The molecule has 0 spiro atoms. The van der Waals surface area contributed by atoms with Gasteiger partial charge in [-0.25, -0.2) is 5.43 Å². The third-order valence-corrected chi connectivity index (χ3v) is 5.22. The number of nitro benzene ring substituents is 1. The minimum absolute atomic E-state index is 0.0248. The van der Waals surface area contributed by atoms with Gasteiger partial charge in [-0.1, -0.05) is 6.08 Å². The Morgan fingerprint density at radius 2 is 2.00 bits per heavy atom. The van der Waals surface area contributed by atoms with Crippen LogP contribution in [0.1, 0.15) is 23.6 Å². The third-order valence-electron chi connectivity index (χ3n) is 5.22. The molecule has 0 atom stereocenters. The van der Waals surface area contributed by atoms with E-state index >= 15 is 0 Å². The molecule has 1 amide bonds. The highest BCUT2D eigenvalue weighted by Gasteiger charge is 2.15. The molecular weight excluding hydrogens is 452 g/mol. The average molecular weight is 483 g/mol. The summed E-state index contributed by atoms with van der Waals surface area (Å²) >= 11 is 0. The van der Waals surface area contributed by atoms with Crippen molar-refractivity contribution in [3.05, 3.63) is 75.9 Å². The first kappa shape index (κ1) is 25.9. The highest BCUT2D eigenvalue weighted by atomic mass is 16.6. The molecule has 1 fully saturated rings. The number of rotatable bonds is 12. The van der Waals surface area contributed by atoms with Crippen LogP contribution in [-0.2, 0) is 22.6 Å². The molecule has 35 heavy (non-hydrogen) atoms. The predicted molar refractivity (Wildman–Crippen MR) is 132 cm³/mol. The Hall–Kier alpha value is -3.76. The van der Waals surface area contributed by atoms with E-state index in [0.29, 0.717) is 37.7 Å². The molecule has 2 aromatic carbocycles. The van der Waals surface area contributed by atoms with E-state index < -0.39 is 4.92 Å². The SMILES string of the molecule is C=CCc1cc(/C=N/NC(=O)CN2CCOCC2)cc(OCC)c1OCc1ccc([N+](=O)[O-])cc1. The Morgan fingerprint density at radius 3 is 2.66 bits per heavy atom. The Balaban J connectivity index is 1.71. The summed E-state index contributed by atoms with van der Waals surface area (Å²) in [6.45, 7) is 9.31. The van der Waals surface area contributed by atoms with E-state index in [1.807, 2.05) is 17.9 Å². The summed E-state index contributed by atoms with van der Waals surface area (Å²) in [4.78, 5) is 24.6. The van der Waals surface area contributed by atoms with Gasteiger partial charge < -0.3 is 14.2 Å². The monoisotopic (exact) mass is 482 g/mol. The molecule has 1 N–H and O–H groups in total. The van der Waals surface area contributed by atoms with Gasteiger partial charge in [0.25, 0.3) is 11.6 Å². The van der Waals surface area contributed by atoms with Crippen LogP contribution in [0.4, 0.5) is 5.69 Å².